The van der Waals surface area contributed by atoms with Gasteiger partial charge in [0.2, 0.25) is 0 Å². The average Bonchev–Trinajstić information content (AvgIpc) is 3.28. The van der Waals surface area contributed by atoms with Crippen LogP contribution in [0.4, 0.5) is 0 Å². The van der Waals surface area contributed by atoms with Gasteiger partial charge >= 0.3 is 0 Å². The molecule has 2 unspecified atom stereocenters. The number of aliphatic hydroxyl groups excluding tert-OH is 1. The van der Waals surface area contributed by atoms with Gasteiger partial charge in [0.05, 0.1) is 6.61 Å². The Kier molecular flexibility index (Phi) is 5.54. The molecular formula is C24H29N3O2. The first-order chi connectivity index (χ1) is 14.0. The third-order valence-corrected chi connectivity index (χ3v) is 5.64. The Morgan fingerprint density at radius 1 is 1.31 bits per heavy atom. The highest BCUT2D eigenvalue weighted by Gasteiger charge is 2.41. The molecule has 2 atom stereocenters. The number of ether oxygens (including phenoxy) is 1. The van der Waals surface area contributed by atoms with E-state index in [1.54, 1.807) is 13.1 Å². The predicted octanol–water partition coefficient (Wildman–Crippen LogP) is 3.78. The number of rotatable bonds is 8. The first-order valence-corrected chi connectivity index (χ1v) is 10.2. The summed E-state index contributed by atoms with van der Waals surface area (Å²) in [7, 11) is 0. The van der Waals surface area contributed by atoms with Gasteiger partial charge in [-0.3, -0.25) is 0 Å². The average molecular weight is 392 g/mol. The van der Waals surface area contributed by atoms with E-state index in [1.165, 1.54) is 11.1 Å². The van der Waals surface area contributed by atoms with Crippen LogP contribution in [0.25, 0.3) is 5.57 Å². The zero-order chi connectivity index (χ0) is 20.3. The Hall–Kier alpha value is -2.47. The summed E-state index contributed by atoms with van der Waals surface area (Å²) in [6, 6.07) is 10.4. The van der Waals surface area contributed by atoms with E-state index < -0.39 is 11.7 Å². The van der Waals surface area contributed by atoms with Gasteiger partial charge in [0.1, 0.15) is 17.5 Å². The summed E-state index contributed by atoms with van der Waals surface area (Å²) in [6.07, 6.45) is 16.5. The molecule has 5 heteroatoms. The highest BCUT2D eigenvalue weighted by molar-refractivity contribution is 5.75. The zero-order valence-corrected chi connectivity index (χ0v) is 16.9. The number of aliphatic hydroxyl groups is 1. The van der Waals surface area contributed by atoms with Crippen LogP contribution in [0.1, 0.15) is 43.7 Å². The summed E-state index contributed by atoms with van der Waals surface area (Å²) in [5.41, 5.74) is 8.02. The number of aromatic nitrogens is 2. The fraction of sp³-hybridized carbons (Fsp3) is 0.375. The zero-order valence-electron chi connectivity index (χ0n) is 16.9. The van der Waals surface area contributed by atoms with E-state index in [0.717, 1.165) is 19.3 Å². The summed E-state index contributed by atoms with van der Waals surface area (Å²) in [5, 5.41) is 9.85. The lowest BCUT2D eigenvalue weighted by Gasteiger charge is -2.31. The van der Waals surface area contributed by atoms with Crippen molar-refractivity contribution in [2.75, 3.05) is 6.61 Å². The van der Waals surface area contributed by atoms with E-state index in [-0.39, 0.29) is 5.54 Å². The normalized spacial score (nSPS) is 23.9. The molecule has 0 radical (unpaired) electrons. The van der Waals surface area contributed by atoms with Gasteiger partial charge in [-0.1, -0.05) is 54.6 Å². The van der Waals surface area contributed by atoms with Crippen molar-refractivity contribution in [1.29, 1.82) is 0 Å². The summed E-state index contributed by atoms with van der Waals surface area (Å²) in [4.78, 5) is 4.23. The Bertz CT molecular complexity index is 923. The van der Waals surface area contributed by atoms with Crippen LogP contribution < -0.4 is 5.73 Å². The van der Waals surface area contributed by atoms with Crippen LogP contribution in [-0.2, 0) is 11.3 Å². The minimum Gasteiger partial charge on any atom is -0.385 e. The minimum atomic E-state index is -0.596. The number of allylic oxidation sites excluding steroid dienone is 3. The maximum Gasteiger partial charge on any atom is 0.137 e. The second-order valence-electron chi connectivity index (χ2n) is 8.19. The maximum atomic E-state index is 9.85. The van der Waals surface area contributed by atoms with Crippen molar-refractivity contribution in [2.45, 2.75) is 50.0 Å². The van der Waals surface area contributed by atoms with Gasteiger partial charge in [0, 0.05) is 30.9 Å². The molecule has 0 bridgehead atoms. The third-order valence-electron chi connectivity index (χ3n) is 5.64. The standard InChI is InChI=1S/C24H29N3O2/c1-19(28)22-26-15-17-27(22)16-5-10-24(29-18-23(25)13-14-23)11-8-21(9-12-24)20-6-3-2-4-7-20/h2-11,15,17,19,28H,12-14,16,18,25H2,1H3/b10-5+. The quantitative estimate of drug-likeness (QED) is 0.672. The van der Waals surface area contributed by atoms with Crippen molar-refractivity contribution >= 4 is 5.57 Å². The van der Waals surface area contributed by atoms with Gasteiger partial charge in [0.25, 0.3) is 0 Å². The SMILES string of the molecule is CC(O)c1nccn1C/C=C/C1(OCC2(N)CC2)C=CC(c2ccccc2)=CC1. The largest absolute Gasteiger partial charge is 0.385 e. The van der Waals surface area contributed by atoms with Crippen molar-refractivity contribution in [3.63, 3.8) is 0 Å². The number of hydrogen-bond donors (Lipinski definition) is 2. The highest BCUT2D eigenvalue weighted by Crippen LogP contribution is 2.37. The van der Waals surface area contributed by atoms with E-state index in [1.807, 2.05) is 16.8 Å². The van der Waals surface area contributed by atoms with Crippen LogP contribution >= 0.6 is 0 Å². The van der Waals surface area contributed by atoms with Crippen LogP contribution in [0.3, 0.4) is 0 Å². The second-order valence-corrected chi connectivity index (χ2v) is 8.19. The molecule has 0 amide bonds. The van der Waals surface area contributed by atoms with E-state index in [9.17, 15) is 5.11 Å². The number of nitrogens with two attached hydrogens (primary N) is 1. The van der Waals surface area contributed by atoms with Crippen molar-refractivity contribution in [1.82, 2.24) is 9.55 Å². The number of imidazole rings is 1. The van der Waals surface area contributed by atoms with Crippen molar-refractivity contribution < 1.29 is 9.84 Å². The molecule has 0 saturated heterocycles. The summed E-state index contributed by atoms with van der Waals surface area (Å²) >= 11 is 0. The number of hydrogen-bond acceptors (Lipinski definition) is 4. The van der Waals surface area contributed by atoms with Crippen LogP contribution in [0.2, 0.25) is 0 Å². The lowest BCUT2D eigenvalue weighted by molar-refractivity contribution is 0.0165. The highest BCUT2D eigenvalue weighted by atomic mass is 16.5. The molecule has 152 valence electrons. The Balaban J connectivity index is 1.50. The molecule has 1 aromatic heterocycles. The van der Waals surface area contributed by atoms with E-state index in [0.29, 0.717) is 19.0 Å². The van der Waals surface area contributed by atoms with Crippen LogP contribution in [-0.4, -0.2) is 32.4 Å². The van der Waals surface area contributed by atoms with Crippen molar-refractivity contribution in [3.8, 4) is 0 Å². The second kappa shape index (κ2) is 8.11. The molecule has 4 rings (SSSR count). The van der Waals surface area contributed by atoms with Gasteiger partial charge in [-0.25, -0.2) is 4.98 Å². The molecule has 0 spiro atoms. The molecule has 1 heterocycles. The predicted molar refractivity (Wildman–Crippen MR) is 115 cm³/mol. The van der Waals surface area contributed by atoms with Crippen molar-refractivity contribution in [2.24, 2.45) is 5.73 Å². The molecule has 29 heavy (non-hydrogen) atoms. The molecule has 2 aliphatic rings. The molecule has 2 aromatic rings. The van der Waals surface area contributed by atoms with Crippen LogP contribution in [0, 0.1) is 0 Å². The summed E-state index contributed by atoms with van der Waals surface area (Å²) in [5.74, 6) is 0.661. The molecule has 1 fully saturated rings. The fourth-order valence-electron chi connectivity index (χ4n) is 3.55. The smallest absolute Gasteiger partial charge is 0.137 e. The topological polar surface area (TPSA) is 73.3 Å². The van der Waals surface area contributed by atoms with Crippen molar-refractivity contribution in [3.05, 3.63) is 84.5 Å². The number of nitrogens with zero attached hydrogens (tertiary/aromatic N) is 2. The van der Waals surface area contributed by atoms with E-state index in [4.69, 9.17) is 10.5 Å². The van der Waals surface area contributed by atoms with Gasteiger partial charge in [0.15, 0.2) is 0 Å². The molecule has 1 aromatic carbocycles. The first-order valence-electron chi connectivity index (χ1n) is 10.2. The van der Waals surface area contributed by atoms with Crippen LogP contribution in [0.15, 0.2) is 73.1 Å². The van der Waals surface area contributed by atoms with E-state index >= 15 is 0 Å². The van der Waals surface area contributed by atoms with Gasteiger partial charge in [-0.05, 0) is 37.0 Å². The molecular weight excluding hydrogens is 362 g/mol. The summed E-state index contributed by atoms with van der Waals surface area (Å²) < 4.78 is 8.30. The molecule has 5 nitrogen and oxygen atoms in total. The Morgan fingerprint density at radius 2 is 2.10 bits per heavy atom. The molecule has 0 aliphatic heterocycles. The monoisotopic (exact) mass is 391 g/mol. The Labute approximate surface area is 172 Å². The fourth-order valence-corrected chi connectivity index (χ4v) is 3.55. The number of benzene rings is 1. The van der Waals surface area contributed by atoms with Gasteiger partial charge in [-0.15, -0.1) is 0 Å². The first kappa shape index (κ1) is 19.8. The lowest BCUT2D eigenvalue weighted by atomic mass is 9.88. The molecule has 3 N–H and O–H groups in total. The third kappa shape index (κ3) is 4.75. The Morgan fingerprint density at radius 3 is 2.76 bits per heavy atom. The van der Waals surface area contributed by atoms with Gasteiger partial charge in [-0.2, -0.15) is 0 Å². The molecule has 2 aliphatic carbocycles. The minimum absolute atomic E-state index is 0.165. The lowest BCUT2D eigenvalue weighted by Crippen LogP contribution is -2.37. The maximum absolute atomic E-state index is 9.85. The summed E-state index contributed by atoms with van der Waals surface area (Å²) in [6.45, 7) is 2.91. The molecule has 1 saturated carbocycles. The van der Waals surface area contributed by atoms with Crippen LogP contribution in [0.5, 0.6) is 0 Å². The van der Waals surface area contributed by atoms with Gasteiger partial charge < -0.3 is 20.1 Å². The van der Waals surface area contributed by atoms with E-state index in [2.05, 4.69) is 59.6 Å².